The number of esters is 1. The molecule has 5 heteroatoms. The molecule has 1 aliphatic heterocycles. The van der Waals surface area contributed by atoms with Gasteiger partial charge in [-0.05, 0) is 42.8 Å². The first-order valence-corrected chi connectivity index (χ1v) is 9.55. The molecule has 0 fully saturated rings. The fourth-order valence-corrected chi connectivity index (χ4v) is 2.84. The van der Waals surface area contributed by atoms with E-state index in [0.29, 0.717) is 17.2 Å². The smallest absolute Gasteiger partial charge is 0.363 e. The zero-order chi connectivity index (χ0) is 19.1. The van der Waals surface area contributed by atoms with Crippen LogP contribution >= 0.6 is 11.6 Å². The molecule has 1 aliphatic rings. The molecule has 0 aliphatic carbocycles. The quantitative estimate of drug-likeness (QED) is 0.336. The van der Waals surface area contributed by atoms with Gasteiger partial charge in [-0.2, -0.15) is 0 Å². The summed E-state index contributed by atoms with van der Waals surface area (Å²) in [5.74, 6) is 0.544. The molecular formula is C22H22ClNO3. The standard InChI is InChI=1S/C22H22ClNO3/c1-2-3-4-7-14-26-20-9-6-5-8-17(20)15-19-22(25)27-21(24-19)16-10-12-18(23)13-11-16/h5-6,8-13,15H,2-4,7,14H2,1H3/b19-15-. The van der Waals surface area contributed by atoms with Crippen LogP contribution in [0.2, 0.25) is 5.02 Å². The number of aliphatic imine (C=N–C) groups is 1. The number of carbonyl (C=O) groups excluding carboxylic acids is 1. The van der Waals surface area contributed by atoms with Crippen molar-refractivity contribution in [3.05, 3.63) is 70.4 Å². The van der Waals surface area contributed by atoms with Crippen molar-refractivity contribution in [2.45, 2.75) is 32.6 Å². The van der Waals surface area contributed by atoms with E-state index in [9.17, 15) is 4.79 Å². The van der Waals surface area contributed by atoms with Gasteiger partial charge in [0.2, 0.25) is 5.90 Å². The van der Waals surface area contributed by atoms with E-state index in [1.807, 2.05) is 24.3 Å². The van der Waals surface area contributed by atoms with E-state index in [4.69, 9.17) is 21.1 Å². The fraction of sp³-hybridized carbons (Fsp3) is 0.273. The molecule has 0 aromatic heterocycles. The van der Waals surface area contributed by atoms with Gasteiger partial charge in [-0.15, -0.1) is 0 Å². The molecular weight excluding hydrogens is 362 g/mol. The summed E-state index contributed by atoms with van der Waals surface area (Å²) in [7, 11) is 0. The molecule has 0 bridgehead atoms. The third-order valence-electron chi connectivity index (χ3n) is 4.18. The Bertz CT molecular complexity index is 856. The van der Waals surface area contributed by atoms with Crippen molar-refractivity contribution in [2.75, 3.05) is 6.61 Å². The topological polar surface area (TPSA) is 47.9 Å². The van der Waals surface area contributed by atoms with Gasteiger partial charge in [0.1, 0.15) is 5.75 Å². The predicted octanol–water partition coefficient (Wildman–Crippen LogP) is 5.64. The molecule has 0 radical (unpaired) electrons. The van der Waals surface area contributed by atoms with Crippen molar-refractivity contribution in [2.24, 2.45) is 4.99 Å². The number of halogens is 1. The molecule has 2 aromatic carbocycles. The number of para-hydroxylation sites is 1. The zero-order valence-corrected chi connectivity index (χ0v) is 16.0. The predicted molar refractivity (Wildman–Crippen MR) is 108 cm³/mol. The minimum Gasteiger partial charge on any atom is -0.493 e. The molecule has 1 heterocycles. The molecule has 4 nitrogen and oxygen atoms in total. The Morgan fingerprint density at radius 3 is 2.63 bits per heavy atom. The summed E-state index contributed by atoms with van der Waals surface area (Å²) in [5, 5.41) is 0.615. The molecule has 0 saturated carbocycles. The lowest BCUT2D eigenvalue weighted by atomic mass is 10.1. The maximum Gasteiger partial charge on any atom is 0.363 e. The second kappa shape index (κ2) is 9.38. The van der Waals surface area contributed by atoms with Gasteiger partial charge in [-0.25, -0.2) is 9.79 Å². The zero-order valence-electron chi connectivity index (χ0n) is 15.3. The second-order valence-corrected chi connectivity index (χ2v) is 6.73. The van der Waals surface area contributed by atoms with E-state index in [1.54, 1.807) is 30.3 Å². The summed E-state index contributed by atoms with van der Waals surface area (Å²) in [6.07, 6.45) is 6.27. The highest BCUT2D eigenvalue weighted by Crippen LogP contribution is 2.25. The van der Waals surface area contributed by atoms with Gasteiger partial charge in [0.25, 0.3) is 0 Å². The molecule has 2 aromatic rings. The number of hydrogen-bond acceptors (Lipinski definition) is 4. The molecule has 3 rings (SSSR count). The summed E-state index contributed by atoms with van der Waals surface area (Å²) in [5.41, 5.74) is 1.76. The van der Waals surface area contributed by atoms with Crippen molar-refractivity contribution in [3.63, 3.8) is 0 Å². The Balaban J connectivity index is 1.75. The summed E-state index contributed by atoms with van der Waals surface area (Å²) < 4.78 is 11.2. The SMILES string of the molecule is CCCCCCOc1ccccc1/C=C1\N=C(c2ccc(Cl)cc2)OC1=O. The number of benzene rings is 2. The Kier molecular flexibility index (Phi) is 6.66. The van der Waals surface area contributed by atoms with Gasteiger partial charge >= 0.3 is 5.97 Å². The van der Waals surface area contributed by atoms with Crippen LogP contribution in [0.25, 0.3) is 6.08 Å². The third kappa shape index (κ3) is 5.20. The average molecular weight is 384 g/mol. The van der Waals surface area contributed by atoms with E-state index in [1.165, 1.54) is 12.8 Å². The molecule has 0 atom stereocenters. The first-order chi connectivity index (χ1) is 13.2. The number of unbranched alkanes of at least 4 members (excludes halogenated alkanes) is 3. The number of rotatable bonds is 8. The summed E-state index contributed by atoms with van der Waals surface area (Å²) >= 11 is 5.90. The molecule has 0 N–H and O–H groups in total. The van der Waals surface area contributed by atoms with Crippen molar-refractivity contribution in [1.82, 2.24) is 0 Å². The number of carbonyl (C=O) groups is 1. The van der Waals surface area contributed by atoms with Crippen LogP contribution in [-0.2, 0) is 9.53 Å². The number of ether oxygens (including phenoxy) is 2. The van der Waals surface area contributed by atoms with Crippen molar-refractivity contribution in [3.8, 4) is 5.75 Å². The molecule has 27 heavy (non-hydrogen) atoms. The highest BCUT2D eigenvalue weighted by molar-refractivity contribution is 6.30. The third-order valence-corrected chi connectivity index (χ3v) is 4.43. The van der Waals surface area contributed by atoms with Crippen LogP contribution in [0.4, 0.5) is 0 Å². The summed E-state index contributed by atoms with van der Waals surface area (Å²) in [6, 6.07) is 14.6. The van der Waals surface area contributed by atoms with Gasteiger partial charge in [-0.3, -0.25) is 0 Å². The number of nitrogens with zero attached hydrogens (tertiary/aromatic N) is 1. The summed E-state index contributed by atoms with van der Waals surface area (Å²) in [6.45, 7) is 2.84. The lowest BCUT2D eigenvalue weighted by molar-refractivity contribution is -0.129. The van der Waals surface area contributed by atoms with Crippen LogP contribution in [0.15, 0.2) is 59.2 Å². The van der Waals surface area contributed by atoms with E-state index >= 15 is 0 Å². The first-order valence-electron chi connectivity index (χ1n) is 9.17. The molecule has 0 unspecified atom stereocenters. The Morgan fingerprint density at radius 1 is 1.07 bits per heavy atom. The van der Waals surface area contributed by atoms with Crippen LogP contribution in [0.1, 0.15) is 43.7 Å². The van der Waals surface area contributed by atoms with Crippen LogP contribution in [-0.4, -0.2) is 18.5 Å². The molecule has 0 spiro atoms. The van der Waals surface area contributed by atoms with Crippen LogP contribution < -0.4 is 4.74 Å². The molecule has 140 valence electrons. The monoisotopic (exact) mass is 383 g/mol. The van der Waals surface area contributed by atoms with Gasteiger partial charge in [0.05, 0.1) is 6.61 Å². The van der Waals surface area contributed by atoms with E-state index in [-0.39, 0.29) is 11.6 Å². The maximum absolute atomic E-state index is 12.2. The highest BCUT2D eigenvalue weighted by atomic mass is 35.5. The lowest BCUT2D eigenvalue weighted by Gasteiger charge is -2.09. The van der Waals surface area contributed by atoms with Crippen LogP contribution in [0, 0.1) is 0 Å². The minimum atomic E-state index is -0.474. The van der Waals surface area contributed by atoms with Crippen molar-refractivity contribution in [1.29, 1.82) is 0 Å². The van der Waals surface area contributed by atoms with Crippen LogP contribution in [0.3, 0.4) is 0 Å². The largest absolute Gasteiger partial charge is 0.493 e. The number of cyclic esters (lactones) is 1. The van der Waals surface area contributed by atoms with Gasteiger partial charge in [-0.1, -0.05) is 56.0 Å². The van der Waals surface area contributed by atoms with Crippen molar-refractivity contribution < 1.29 is 14.3 Å². The number of hydrogen-bond donors (Lipinski definition) is 0. The normalized spacial score (nSPS) is 15.0. The Labute approximate surface area is 164 Å². The van der Waals surface area contributed by atoms with E-state index < -0.39 is 5.97 Å². The lowest BCUT2D eigenvalue weighted by Crippen LogP contribution is -2.05. The van der Waals surface area contributed by atoms with Crippen molar-refractivity contribution >= 4 is 29.5 Å². The average Bonchev–Trinajstić information content (AvgIpc) is 3.04. The maximum atomic E-state index is 12.2. The van der Waals surface area contributed by atoms with Crippen LogP contribution in [0.5, 0.6) is 5.75 Å². The highest BCUT2D eigenvalue weighted by Gasteiger charge is 2.24. The molecule has 0 amide bonds. The fourth-order valence-electron chi connectivity index (χ4n) is 2.71. The Hall–Kier alpha value is -2.59. The van der Waals surface area contributed by atoms with E-state index in [2.05, 4.69) is 11.9 Å². The Morgan fingerprint density at radius 2 is 1.85 bits per heavy atom. The van der Waals surface area contributed by atoms with Gasteiger partial charge in [0, 0.05) is 16.1 Å². The van der Waals surface area contributed by atoms with Gasteiger partial charge < -0.3 is 9.47 Å². The van der Waals surface area contributed by atoms with Gasteiger partial charge in [0.15, 0.2) is 5.70 Å². The second-order valence-electron chi connectivity index (χ2n) is 6.29. The molecule has 0 saturated heterocycles. The first kappa shape index (κ1) is 19.2. The van der Waals surface area contributed by atoms with E-state index in [0.717, 1.165) is 24.2 Å². The summed E-state index contributed by atoms with van der Waals surface area (Å²) in [4.78, 5) is 16.5. The minimum absolute atomic E-state index is 0.252.